The first-order chi connectivity index (χ1) is 10.8. The lowest BCUT2D eigenvalue weighted by Crippen LogP contribution is -2.13. The summed E-state index contributed by atoms with van der Waals surface area (Å²) in [5.74, 6) is -0.550. The predicted molar refractivity (Wildman–Crippen MR) is 89.0 cm³/mol. The minimum Gasteiger partial charge on any atom is -0.506 e. The summed E-state index contributed by atoms with van der Waals surface area (Å²) < 4.78 is 27.0. The second-order valence-electron chi connectivity index (χ2n) is 5.02. The maximum Gasteiger partial charge on any atom is 0.261 e. The Morgan fingerprint density at radius 3 is 2.30 bits per heavy atom. The lowest BCUT2D eigenvalue weighted by molar-refractivity contribution is -0.114. The molecule has 2 rings (SSSR count). The first-order valence-corrected chi connectivity index (χ1v) is 8.52. The highest BCUT2D eigenvalue weighted by molar-refractivity contribution is 7.92. The molecular formula is C16H18N2O4S. The minimum absolute atomic E-state index is 0.139. The molecule has 0 aromatic heterocycles. The minimum atomic E-state index is -3.74. The number of nitrogens with one attached hydrogen (secondary N) is 2. The standard InChI is InChI=1S/C16H18N2O4S/c1-3-12-4-7-14(8-5-12)23(21,22)18-13-6-9-15(16(20)10-13)17-11(2)19/h4-10,18,20H,3H2,1-2H3,(H,17,19). The molecule has 7 heteroatoms. The normalized spacial score (nSPS) is 11.0. The van der Waals surface area contributed by atoms with Crippen LogP contribution in [-0.2, 0) is 21.2 Å². The van der Waals surface area contributed by atoms with Gasteiger partial charge in [-0.2, -0.15) is 0 Å². The average Bonchev–Trinajstić information content (AvgIpc) is 2.49. The second kappa shape index (κ2) is 6.70. The van der Waals surface area contributed by atoms with Gasteiger partial charge in [0.25, 0.3) is 10.0 Å². The molecule has 0 saturated carbocycles. The third-order valence-corrected chi connectivity index (χ3v) is 4.60. The van der Waals surface area contributed by atoms with Crippen LogP contribution in [0.1, 0.15) is 19.4 Å². The first kappa shape index (κ1) is 16.8. The monoisotopic (exact) mass is 334 g/mol. The molecule has 122 valence electrons. The second-order valence-corrected chi connectivity index (χ2v) is 6.70. The fourth-order valence-corrected chi connectivity index (χ4v) is 3.06. The molecule has 6 nitrogen and oxygen atoms in total. The predicted octanol–water partition coefficient (Wildman–Crippen LogP) is 2.71. The Morgan fingerprint density at radius 2 is 1.78 bits per heavy atom. The van der Waals surface area contributed by atoms with E-state index < -0.39 is 10.0 Å². The van der Waals surface area contributed by atoms with Crippen molar-refractivity contribution in [1.29, 1.82) is 0 Å². The molecular weight excluding hydrogens is 316 g/mol. The van der Waals surface area contributed by atoms with Gasteiger partial charge in [-0.25, -0.2) is 8.42 Å². The van der Waals surface area contributed by atoms with Crippen LogP contribution < -0.4 is 10.0 Å². The van der Waals surface area contributed by atoms with E-state index in [4.69, 9.17) is 0 Å². The van der Waals surface area contributed by atoms with Crippen molar-refractivity contribution in [2.75, 3.05) is 10.0 Å². The molecule has 0 unspecified atom stereocenters. The molecule has 0 radical (unpaired) electrons. The summed E-state index contributed by atoms with van der Waals surface area (Å²) in [5, 5.41) is 12.3. The number of carbonyl (C=O) groups is 1. The first-order valence-electron chi connectivity index (χ1n) is 7.04. The molecule has 0 spiro atoms. The number of rotatable bonds is 5. The van der Waals surface area contributed by atoms with E-state index in [1.165, 1.54) is 37.3 Å². The Morgan fingerprint density at radius 1 is 1.13 bits per heavy atom. The molecule has 1 amide bonds. The van der Waals surface area contributed by atoms with Gasteiger partial charge >= 0.3 is 0 Å². The molecule has 2 aromatic carbocycles. The van der Waals surface area contributed by atoms with Gasteiger partial charge in [0.2, 0.25) is 5.91 Å². The summed E-state index contributed by atoms with van der Waals surface area (Å²) in [7, 11) is -3.74. The zero-order valence-electron chi connectivity index (χ0n) is 12.8. The Hall–Kier alpha value is -2.54. The Kier molecular flexibility index (Phi) is 4.90. The molecule has 0 saturated heterocycles. The third kappa shape index (κ3) is 4.23. The number of aryl methyl sites for hydroxylation is 1. The number of sulfonamides is 1. The van der Waals surface area contributed by atoms with Crippen molar-refractivity contribution in [3.8, 4) is 5.75 Å². The molecule has 0 aliphatic heterocycles. The number of benzene rings is 2. The molecule has 0 atom stereocenters. The topological polar surface area (TPSA) is 95.5 Å². The van der Waals surface area contributed by atoms with Gasteiger partial charge < -0.3 is 10.4 Å². The number of phenolic OH excluding ortho intramolecular Hbond substituents is 1. The van der Waals surface area contributed by atoms with Crippen LogP contribution in [0.4, 0.5) is 11.4 Å². The summed E-state index contributed by atoms with van der Waals surface area (Å²) in [6.07, 6.45) is 0.826. The number of phenols is 1. The van der Waals surface area contributed by atoms with Gasteiger partial charge in [0.15, 0.2) is 0 Å². The van der Waals surface area contributed by atoms with Crippen molar-refractivity contribution in [1.82, 2.24) is 0 Å². The number of hydrogen-bond donors (Lipinski definition) is 3. The highest BCUT2D eigenvalue weighted by atomic mass is 32.2. The van der Waals surface area contributed by atoms with Crippen molar-refractivity contribution in [3.05, 3.63) is 48.0 Å². The van der Waals surface area contributed by atoms with Gasteiger partial charge in [0.05, 0.1) is 16.3 Å². The number of amides is 1. The number of hydrogen-bond acceptors (Lipinski definition) is 4. The van der Waals surface area contributed by atoms with E-state index in [-0.39, 0.29) is 27.9 Å². The molecule has 0 aliphatic rings. The molecule has 0 bridgehead atoms. The van der Waals surface area contributed by atoms with Crippen molar-refractivity contribution < 1.29 is 18.3 Å². The van der Waals surface area contributed by atoms with E-state index in [9.17, 15) is 18.3 Å². The number of carbonyl (C=O) groups excluding carboxylic acids is 1. The summed E-state index contributed by atoms with van der Waals surface area (Å²) in [6, 6.07) is 10.7. The van der Waals surface area contributed by atoms with Gasteiger partial charge in [0.1, 0.15) is 5.75 Å². The van der Waals surface area contributed by atoms with Gasteiger partial charge in [0, 0.05) is 13.0 Å². The van der Waals surface area contributed by atoms with Crippen molar-refractivity contribution in [2.24, 2.45) is 0 Å². The molecule has 0 heterocycles. The summed E-state index contributed by atoms with van der Waals surface area (Å²) >= 11 is 0. The number of anilines is 2. The fourth-order valence-electron chi connectivity index (χ4n) is 2.01. The summed E-state index contributed by atoms with van der Waals surface area (Å²) in [5.41, 5.74) is 1.46. The zero-order chi connectivity index (χ0) is 17.0. The largest absolute Gasteiger partial charge is 0.506 e. The van der Waals surface area contributed by atoms with Gasteiger partial charge in [-0.15, -0.1) is 0 Å². The zero-order valence-corrected chi connectivity index (χ0v) is 13.6. The Bertz CT molecular complexity index is 814. The summed E-state index contributed by atoms with van der Waals surface area (Å²) in [4.78, 5) is 11.1. The Balaban J connectivity index is 2.22. The highest BCUT2D eigenvalue weighted by Crippen LogP contribution is 2.28. The molecule has 2 aromatic rings. The average molecular weight is 334 g/mol. The van der Waals surface area contributed by atoms with E-state index in [1.807, 2.05) is 6.92 Å². The summed E-state index contributed by atoms with van der Waals surface area (Å²) in [6.45, 7) is 3.30. The van der Waals surface area contributed by atoms with E-state index in [0.717, 1.165) is 12.0 Å². The van der Waals surface area contributed by atoms with Crippen molar-refractivity contribution in [2.45, 2.75) is 25.2 Å². The van der Waals surface area contributed by atoms with Gasteiger partial charge in [-0.05, 0) is 36.2 Å². The SMILES string of the molecule is CCc1ccc(S(=O)(=O)Nc2ccc(NC(C)=O)c(O)c2)cc1. The van der Waals surface area contributed by atoms with Crippen LogP contribution in [-0.4, -0.2) is 19.4 Å². The van der Waals surface area contributed by atoms with Crippen LogP contribution in [0.15, 0.2) is 47.4 Å². The van der Waals surface area contributed by atoms with E-state index >= 15 is 0 Å². The lowest BCUT2D eigenvalue weighted by Gasteiger charge is -2.11. The van der Waals surface area contributed by atoms with E-state index in [2.05, 4.69) is 10.0 Å². The van der Waals surface area contributed by atoms with Crippen molar-refractivity contribution >= 4 is 27.3 Å². The molecule has 0 fully saturated rings. The van der Waals surface area contributed by atoms with Crippen LogP contribution in [0.5, 0.6) is 5.75 Å². The molecule has 0 aliphatic carbocycles. The van der Waals surface area contributed by atoms with Crippen LogP contribution in [0.3, 0.4) is 0 Å². The van der Waals surface area contributed by atoms with Crippen LogP contribution in [0.2, 0.25) is 0 Å². The quantitative estimate of drug-likeness (QED) is 0.733. The van der Waals surface area contributed by atoms with Crippen LogP contribution in [0.25, 0.3) is 0 Å². The fraction of sp³-hybridized carbons (Fsp3) is 0.188. The van der Waals surface area contributed by atoms with E-state index in [0.29, 0.717) is 0 Å². The molecule has 23 heavy (non-hydrogen) atoms. The van der Waals surface area contributed by atoms with Crippen LogP contribution >= 0.6 is 0 Å². The van der Waals surface area contributed by atoms with Gasteiger partial charge in [-0.3, -0.25) is 9.52 Å². The maximum atomic E-state index is 12.3. The smallest absolute Gasteiger partial charge is 0.261 e. The Labute approximate surface area is 135 Å². The number of aromatic hydroxyl groups is 1. The van der Waals surface area contributed by atoms with E-state index in [1.54, 1.807) is 12.1 Å². The van der Waals surface area contributed by atoms with Gasteiger partial charge in [-0.1, -0.05) is 19.1 Å². The third-order valence-electron chi connectivity index (χ3n) is 3.20. The highest BCUT2D eigenvalue weighted by Gasteiger charge is 2.15. The van der Waals surface area contributed by atoms with Crippen molar-refractivity contribution in [3.63, 3.8) is 0 Å². The maximum absolute atomic E-state index is 12.3. The van der Waals surface area contributed by atoms with Crippen LogP contribution in [0, 0.1) is 0 Å². The molecule has 3 N–H and O–H groups in total. The lowest BCUT2D eigenvalue weighted by atomic mass is 10.2.